The van der Waals surface area contributed by atoms with E-state index in [0.717, 1.165) is 11.3 Å². The van der Waals surface area contributed by atoms with Gasteiger partial charge in [-0.3, -0.25) is 4.79 Å². The molecular formula is C20H25NO4. The summed E-state index contributed by atoms with van der Waals surface area (Å²) in [5.74, 6) is 1.75. The van der Waals surface area contributed by atoms with Crippen molar-refractivity contribution in [2.75, 3.05) is 13.7 Å². The highest BCUT2D eigenvalue weighted by molar-refractivity contribution is 5.81. The second-order valence-electron chi connectivity index (χ2n) is 5.90. The first-order valence-electron chi connectivity index (χ1n) is 8.29. The summed E-state index contributed by atoms with van der Waals surface area (Å²) in [7, 11) is 1.57. The molecule has 0 aliphatic rings. The number of hydrogen-bond donors (Lipinski definition) is 1. The molecule has 0 radical (unpaired) electrons. The van der Waals surface area contributed by atoms with E-state index >= 15 is 0 Å². The number of amides is 1. The van der Waals surface area contributed by atoms with Crippen molar-refractivity contribution >= 4 is 5.91 Å². The van der Waals surface area contributed by atoms with Crippen LogP contribution in [-0.2, 0) is 4.79 Å². The van der Waals surface area contributed by atoms with Crippen LogP contribution in [0.15, 0.2) is 48.5 Å². The van der Waals surface area contributed by atoms with Gasteiger partial charge < -0.3 is 19.5 Å². The van der Waals surface area contributed by atoms with Gasteiger partial charge in [0.05, 0.1) is 13.2 Å². The number of para-hydroxylation sites is 3. The number of ether oxygens (including phenoxy) is 3. The Labute approximate surface area is 148 Å². The monoisotopic (exact) mass is 343 g/mol. The Bertz CT molecular complexity index is 702. The first kappa shape index (κ1) is 18.6. The smallest absolute Gasteiger partial charge is 0.261 e. The second-order valence-corrected chi connectivity index (χ2v) is 5.90. The SMILES string of the molecule is COc1ccccc1O[C@H](C)C(=O)N[C@@H](C)COc1ccccc1C. The number of carbonyl (C=O) groups excluding carboxylic acids is 1. The number of nitrogens with one attached hydrogen (secondary N) is 1. The molecule has 0 aliphatic heterocycles. The fourth-order valence-electron chi connectivity index (χ4n) is 2.30. The Kier molecular flexibility index (Phi) is 6.69. The molecule has 2 aromatic rings. The average molecular weight is 343 g/mol. The van der Waals surface area contributed by atoms with Crippen molar-refractivity contribution in [1.29, 1.82) is 0 Å². The number of hydrogen-bond acceptors (Lipinski definition) is 4. The van der Waals surface area contributed by atoms with Crippen LogP contribution in [0.4, 0.5) is 0 Å². The van der Waals surface area contributed by atoms with Gasteiger partial charge in [0.2, 0.25) is 0 Å². The maximum absolute atomic E-state index is 12.3. The Morgan fingerprint density at radius 3 is 2.24 bits per heavy atom. The van der Waals surface area contributed by atoms with Crippen molar-refractivity contribution in [3.05, 3.63) is 54.1 Å². The van der Waals surface area contributed by atoms with Gasteiger partial charge in [-0.2, -0.15) is 0 Å². The van der Waals surface area contributed by atoms with E-state index < -0.39 is 6.10 Å². The predicted octanol–water partition coefficient (Wildman–Crippen LogP) is 3.35. The van der Waals surface area contributed by atoms with E-state index in [1.807, 2.05) is 50.2 Å². The van der Waals surface area contributed by atoms with Crippen LogP contribution in [0.25, 0.3) is 0 Å². The molecular weight excluding hydrogens is 318 g/mol. The van der Waals surface area contributed by atoms with E-state index in [-0.39, 0.29) is 11.9 Å². The van der Waals surface area contributed by atoms with Crippen molar-refractivity contribution in [1.82, 2.24) is 5.32 Å². The summed E-state index contributed by atoms with van der Waals surface area (Å²) >= 11 is 0. The fourth-order valence-corrected chi connectivity index (χ4v) is 2.30. The number of benzene rings is 2. The summed E-state index contributed by atoms with van der Waals surface area (Å²) in [6.07, 6.45) is -0.641. The van der Waals surface area contributed by atoms with Crippen molar-refractivity contribution < 1.29 is 19.0 Å². The van der Waals surface area contributed by atoms with Crippen LogP contribution in [0.1, 0.15) is 19.4 Å². The largest absolute Gasteiger partial charge is 0.493 e. The van der Waals surface area contributed by atoms with Crippen molar-refractivity contribution in [2.24, 2.45) is 0 Å². The van der Waals surface area contributed by atoms with E-state index in [1.165, 1.54) is 0 Å². The molecule has 134 valence electrons. The average Bonchev–Trinajstić information content (AvgIpc) is 2.61. The quantitative estimate of drug-likeness (QED) is 0.798. The van der Waals surface area contributed by atoms with Crippen LogP contribution >= 0.6 is 0 Å². The minimum absolute atomic E-state index is 0.143. The molecule has 1 N–H and O–H groups in total. The van der Waals surface area contributed by atoms with Gasteiger partial charge in [0.25, 0.3) is 5.91 Å². The van der Waals surface area contributed by atoms with E-state index in [1.54, 1.807) is 26.2 Å². The van der Waals surface area contributed by atoms with Gasteiger partial charge in [-0.15, -0.1) is 0 Å². The fraction of sp³-hybridized carbons (Fsp3) is 0.350. The molecule has 0 fully saturated rings. The highest BCUT2D eigenvalue weighted by Crippen LogP contribution is 2.26. The van der Waals surface area contributed by atoms with E-state index in [2.05, 4.69) is 5.32 Å². The zero-order valence-corrected chi connectivity index (χ0v) is 15.1. The summed E-state index contributed by atoms with van der Waals surface area (Å²) in [5.41, 5.74) is 1.06. The second kappa shape index (κ2) is 8.97. The maximum atomic E-state index is 12.3. The molecule has 25 heavy (non-hydrogen) atoms. The maximum Gasteiger partial charge on any atom is 0.261 e. The van der Waals surface area contributed by atoms with Crippen LogP contribution < -0.4 is 19.5 Å². The highest BCUT2D eigenvalue weighted by Gasteiger charge is 2.18. The third-order valence-electron chi connectivity index (χ3n) is 3.71. The van der Waals surface area contributed by atoms with Crippen LogP contribution in [-0.4, -0.2) is 31.8 Å². The minimum atomic E-state index is -0.641. The third kappa shape index (κ3) is 5.41. The van der Waals surface area contributed by atoms with Gasteiger partial charge in [-0.25, -0.2) is 0 Å². The van der Waals surface area contributed by atoms with Crippen LogP contribution in [0.3, 0.4) is 0 Å². The molecule has 0 unspecified atom stereocenters. The summed E-state index contributed by atoms with van der Waals surface area (Å²) in [6.45, 7) is 5.97. The first-order valence-corrected chi connectivity index (χ1v) is 8.29. The van der Waals surface area contributed by atoms with Gasteiger partial charge in [0.1, 0.15) is 12.4 Å². The van der Waals surface area contributed by atoms with Gasteiger partial charge in [-0.1, -0.05) is 30.3 Å². The Morgan fingerprint density at radius 1 is 1.00 bits per heavy atom. The zero-order valence-electron chi connectivity index (χ0n) is 15.1. The number of carbonyl (C=O) groups is 1. The zero-order chi connectivity index (χ0) is 18.2. The van der Waals surface area contributed by atoms with Crippen LogP contribution in [0.2, 0.25) is 0 Å². The van der Waals surface area contributed by atoms with Gasteiger partial charge in [0.15, 0.2) is 17.6 Å². The highest BCUT2D eigenvalue weighted by atomic mass is 16.5. The van der Waals surface area contributed by atoms with E-state index in [9.17, 15) is 4.79 Å². The topological polar surface area (TPSA) is 56.8 Å². The lowest BCUT2D eigenvalue weighted by atomic mass is 10.2. The Hall–Kier alpha value is -2.69. The molecule has 0 saturated carbocycles. The van der Waals surface area contributed by atoms with Crippen LogP contribution in [0, 0.1) is 6.92 Å². The molecule has 0 bridgehead atoms. The molecule has 2 aromatic carbocycles. The third-order valence-corrected chi connectivity index (χ3v) is 3.71. The standard InChI is InChI=1S/C20H25NO4/c1-14-9-5-6-10-17(14)24-13-15(2)21-20(22)16(3)25-19-12-8-7-11-18(19)23-4/h5-12,15-16H,13H2,1-4H3,(H,21,22)/t15-,16+/m0/s1. The summed E-state index contributed by atoms with van der Waals surface area (Å²) < 4.78 is 16.7. The Balaban J connectivity index is 1.84. The van der Waals surface area contributed by atoms with Crippen molar-refractivity contribution in [2.45, 2.75) is 32.9 Å². The molecule has 0 heterocycles. The Morgan fingerprint density at radius 2 is 1.60 bits per heavy atom. The lowest BCUT2D eigenvalue weighted by Gasteiger charge is -2.20. The molecule has 0 aromatic heterocycles. The molecule has 0 aliphatic carbocycles. The minimum Gasteiger partial charge on any atom is -0.493 e. The normalized spacial score (nSPS) is 12.8. The summed E-state index contributed by atoms with van der Waals surface area (Å²) in [4.78, 5) is 12.3. The molecule has 5 nitrogen and oxygen atoms in total. The van der Waals surface area contributed by atoms with E-state index in [0.29, 0.717) is 18.1 Å². The number of methoxy groups -OCH3 is 1. The molecule has 2 atom stereocenters. The molecule has 1 amide bonds. The lowest BCUT2D eigenvalue weighted by Crippen LogP contribution is -2.43. The molecule has 0 saturated heterocycles. The lowest BCUT2D eigenvalue weighted by molar-refractivity contribution is -0.128. The van der Waals surface area contributed by atoms with Gasteiger partial charge in [-0.05, 0) is 44.5 Å². The molecule has 5 heteroatoms. The molecule has 2 rings (SSSR count). The number of aryl methyl sites for hydroxylation is 1. The van der Waals surface area contributed by atoms with Crippen molar-refractivity contribution in [3.63, 3.8) is 0 Å². The van der Waals surface area contributed by atoms with Gasteiger partial charge in [0, 0.05) is 0 Å². The number of rotatable bonds is 8. The first-order chi connectivity index (χ1) is 12.0. The molecule has 0 spiro atoms. The summed E-state index contributed by atoms with van der Waals surface area (Å²) in [6, 6.07) is 14.9. The predicted molar refractivity (Wildman–Crippen MR) is 97.4 cm³/mol. The summed E-state index contributed by atoms with van der Waals surface area (Å²) in [5, 5.41) is 2.90. The van der Waals surface area contributed by atoms with Crippen LogP contribution in [0.5, 0.6) is 17.2 Å². The van der Waals surface area contributed by atoms with Gasteiger partial charge >= 0.3 is 0 Å². The van der Waals surface area contributed by atoms with E-state index in [4.69, 9.17) is 14.2 Å². The van der Waals surface area contributed by atoms with Crippen molar-refractivity contribution in [3.8, 4) is 17.2 Å².